The summed E-state index contributed by atoms with van der Waals surface area (Å²) < 4.78 is 0. The van der Waals surface area contributed by atoms with Gasteiger partial charge in [0.15, 0.2) is 0 Å². The van der Waals surface area contributed by atoms with Gasteiger partial charge in [0, 0.05) is 24.8 Å². The van der Waals surface area contributed by atoms with E-state index < -0.39 is 0 Å². The Morgan fingerprint density at radius 1 is 1.32 bits per heavy atom. The molecule has 0 aliphatic carbocycles. The smallest absolute Gasteiger partial charge is 0.137 e. The van der Waals surface area contributed by atoms with Gasteiger partial charge in [-0.05, 0) is 32.0 Å². The zero-order valence-corrected chi connectivity index (χ0v) is 10.9. The third-order valence-corrected chi connectivity index (χ3v) is 3.11. The maximum absolute atomic E-state index is 4.43. The molecule has 0 radical (unpaired) electrons. The van der Waals surface area contributed by atoms with Crippen LogP contribution >= 0.6 is 0 Å². The zero-order chi connectivity index (χ0) is 13.1. The number of hydrogen-bond donors (Lipinski definition) is 4. The van der Waals surface area contributed by atoms with E-state index in [4.69, 9.17) is 0 Å². The van der Waals surface area contributed by atoms with E-state index in [1.807, 2.05) is 31.3 Å². The van der Waals surface area contributed by atoms with Crippen molar-refractivity contribution < 1.29 is 0 Å². The second kappa shape index (κ2) is 5.27. The Hall–Kier alpha value is -2.08. The number of H-pyrrole nitrogens is 1. The van der Waals surface area contributed by atoms with E-state index in [1.54, 1.807) is 0 Å². The predicted molar refractivity (Wildman–Crippen MR) is 75.7 cm³/mol. The predicted octanol–water partition coefficient (Wildman–Crippen LogP) is 1.63. The van der Waals surface area contributed by atoms with Crippen LogP contribution in [0.5, 0.6) is 0 Å². The Bertz CT molecular complexity index is 530. The number of hydrogen-bond acceptors (Lipinski definition) is 5. The quantitative estimate of drug-likeness (QED) is 0.670. The van der Waals surface area contributed by atoms with Crippen LogP contribution in [0.2, 0.25) is 0 Å². The molecule has 2 aromatic heterocycles. The average Bonchev–Trinajstić information content (AvgIpc) is 3.01. The van der Waals surface area contributed by atoms with Crippen molar-refractivity contribution >= 4 is 17.5 Å². The van der Waals surface area contributed by atoms with Gasteiger partial charge in [0.05, 0.1) is 0 Å². The van der Waals surface area contributed by atoms with Crippen LogP contribution in [0.25, 0.3) is 0 Å². The fourth-order valence-corrected chi connectivity index (χ4v) is 2.24. The van der Waals surface area contributed by atoms with E-state index in [9.17, 15) is 0 Å². The molecule has 1 unspecified atom stereocenters. The SMILES string of the molecule is Cc1nc(Nc2ccc[nH]2)cc(NC2CCNC2)n1. The number of aryl methyl sites for hydroxylation is 1. The molecule has 0 amide bonds. The minimum absolute atomic E-state index is 0.452. The summed E-state index contributed by atoms with van der Waals surface area (Å²) in [4.78, 5) is 11.9. The Morgan fingerprint density at radius 2 is 2.21 bits per heavy atom. The van der Waals surface area contributed by atoms with E-state index in [0.29, 0.717) is 6.04 Å². The normalized spacial score (nSPS) is 18.5. The Balaban J connectivity index is 1.75. The molecule has 1 atom stereocenters. The van der Waals surface area contributed by atoms with Gasteiger partial charge in [-0.15, -0.1) is 0 Å². The average molecular weight is 258 g/mol. The Kier molecular flexibility index (Phi) is 3.33. The highest BCUT2D eigenvalue weighted by Crippen LogP contribution is 2.17. The van der Waals surface area contributed by atoms with Gasteiger partial charge < -0.3 is 20.9 Å². The van der Waals surface area contributed by atoms with Crippen molar-refractivity contribution in [1.29, 1.82) is 0 Å². The Morgan fingerprint density at radius 3 is 2.95 bits per heavy atom. The summed E-state index contributed by atoms with van der Waals surface area (Å²) in [5.74, 6) is 3.34. The van der Waals surface area contributed by atoms with E-state index in [1.165, 1.54) is 0 Å². The molecule has 6 heteroatoms. The van der Waals surface area contributed by atoms with Crippen molar-refractivity contribution in [3.05, 3.63) is 30.2 Å². The van der Waals surface area contributed by atoms with Crippen LogP contribution in [0.1, 0.15) is 12.2 Å². The van der Waals surface area contributed by atoms with Crippen molar-refractivity contribution in [1.82, 2.24) is 20.3 Å². The number of anilines is 3. The molecule has 0 spiro atoms. The molecular formula is C13H18N6. The van der Waals surface area contributed by atoms with Crippen molar-refractivity contribution in [3.8, 4) is 0 Å². The van der Waals surface area contributed by atoms with E-state index >= 15 is 0 Å². The fraction of sp³-hybridized carbons (Fsp3) is 0.385. The zero-order valence-electron chi connectivity index (χ0n) is 10.9. The van der Waals surface area contributed by atoms with Crippen LogP contribution in [0.15, 0.2) is 24.4 Å². The minimum Gasteiger partial charge on any atom is -0.366 e. The second-order valence-electron chi connectivity index (χ2n) is 4.73. The molecule has 4 N–H and O–H groups in total. The molecule has 0 bridgehead atoms. The van der Waals surface area contributed by atoms with Crippen LogP contribution < -0.4 is 16.0 Å². The highest BCUT2D eigenvalue weighted by atomic mass is 15.1. The van der Waals surface area contributed by atoms with Gasteiger partial charge in [-0.1, -0.05) is 0 Å². The monoisotopic (exact) mass is 258 g/mol. The molecule has 0 aromatic carbocycles. The summed E-state index contributed by atoms with van der Waals surface area (Å²) in [6, 6.07) is 6.30. The number of nitrogens with zero attached hydrogens (tertiary/aromatic N) is 2. The lowest BCUT2D eigenvalue weighted by Gasteiger charge is -2.13. The number of rotatable bonds is 4. The summed E-state index contributed by atoms with van der Waals surface area (Å²) in [7, 11) is 0. The van der Waals surface area contributed by atoms with Gasteiger partial charge >= 0.3 is 0 Å². The first-order valence-electron chi connectivity index (χ1n) is 6.53. The molecule has 100 valence electrons. The fourth-order valence-electron chi connectivity index (χ4n) is 2.24. The summed E-state index contributed by atoms with van der Waals surface area (Å²) in [6.07, 6.45) is 3.00. The highest BCUT2D eigenvalue weighted by Gasteiger charge is 2.15. The molecule has 1 aliphatic heterocycles. The summed E-state index contributed by atoms with van der Waals surface area (Å²) in [5.41, 5.74) is 0. The molecule has 1 saturated heterocycles. The standard InChI is InChI=1S/C13H18N6/c1-9-16-12(18-10-4-6-14-8-10)7-13(17-9)19-11-3-2-5-15-11/h2-3,5,7,10,14-15H,4,6,8H2,1H3,(H2,16,17,18,19). The van der Waals surface area contributed by atoms with Gasteiger partial charge in [0.25, 0.3) is 0 Å². The summed E-state index contributed by atoms with van der Waals surface area (Å²) in [5, 5.41) is 10.00. The Labute approximate surface area is 112 Å². The summed E-state index contributed by atoms with van der Waals surface area (Å²) in [6.45, 7) is 3.95. The summed E-state index contributed by atoms with van der Waals surface area (Å²) >= 11 is 0. The molecule has 2 aromatic rings. The third kappa shape index (κ3) is 3.03. The number of aromatic amines is 1. The van der Waals surface area contributed by atoms with Crippen molar-refractivity contribution in [2.24, 2.45) is 0 Å². The minimum atomic E-state index is 0.452. The molecule has 19 heavy (non-hydrogen) atoms. The lowest BCUT2D eigenvalue weighted by molar-refractivity contribution is 0.785. The molecule has 1 fully saturated rings. The van der Waals surface area contributed by atoms with Gasteiger partial charge in [-0.2, -0.15) is 0 Å². The van der Waals surface area contributed by atoms with Gasteiger partial charge in [-0.25, -0.2) is 9.97 Å². The van der Waals surface area contributed by atoms with Crippen molar-refractivity contribution in [2.75, 3.05) is 23.7 Å². The topological polar surface area (TPSA) is 77.7 Å². The third-order valence-electron chi connectivity index (χ3n) is 3.11. The molecule has 3 rings (SSSR count). The molecule has 1 aliphatic rings. The molecule has 0 saturated carbocycles. The number of nitrogens with one attached hydrogen (secondary N) is 4. The van der Waals surface area contributed by atoms with Crippen LogP contribution in [0.3, 0.4) is 0 Å². The lowest BCUT2D eigenvalue weighted by Crippen LogP contribution is -2.23. The second-order valence-corrected chi connectivity index (χ2v) is 4.73. The first-order chi connectivity index (χ1) is 9.29. The van der Waals surface area contributed by atoms with E-state index in [0.717, 1.165) is 42.8 Å². The van der Waals surface area contributed by atoms with Gasteiger partial charge in [-0.3, -0.25) is 0 Å². The van der Waals surface area contributed by atoms with E-state index in [2.05, 4.69) is 30.9 Å². The van der Waals surface area contributed by atoms with Crippen LogP contribution in [0, 0.1) is 6.92 Å². The maximum Gasteiger partial charge on any atom is 0.137 e. The first kappa shape index (κ1) is 12.0. The first-order valence-corrected chi connectivity index (χ1v) is 6.53. The van der Waals surface area contributed by atoms with Crippen LogP contribution in [-0.2, 0) is 0 Å². The van der Waals surface area contributed by atoms with E-state index in [-0.39, 0.29) is 0 Å². The number of aromatic nitrogens is 3. The van der Waals surface area contributed by atoms with Gasteiger partial charge in [0.2, 0.25) is 0 Å². The van der Waals surface area contributed by atoms with Crippen LogP contribution in [0.4, 0.5) is 17.5 Å². The molecular weight excluding hydrogens is 240 g/mol. The van der Waals surface area contributed by atoms with Crippen molar-refractivity contribution in [2.45, 2.75) is 19.4 Å². The van der Waals surface area contributed by atoms with Gasteiger partial charge in [0.1, 0.15) is 23.3 Å². The highest BCUT2D eigenvalue weighted by molar-refractivity contribution is 5.56. The lowest BCUT2D eigenvalue weighted by atomic mass is 10.2. The van der Waals surface area contributed by atoms with Crippen LogP contribution in [-0.4, -0.2) is 34.1 Å². The molecule has 6 nitrogen and oxygen atoms in total. The maximum atomic E-state index is 4.43. The largest absolute Gasteiger partial charge is 0.366 e. The van der Waals surface area contributed by atoms with Crippen molar-refractivity contribution in [3.63, 3.8) is 0 Å². The molecule has 3 heterocycles.